The van der Waals surface area contributed by atoms with E-state index in [0.29, 0.717) is 0 Å². The molecular formula is C128H110O3. The number of fused-ring (bicyclic) bond motifs is 14. The predicted octanol–water partition coefficient (Wildman–Crippen LogP) is 28.6. The van der Waals surface area contributed by atoms with Crippen molar-refractivity contribution in [2.24, 2.45) is 0 Å². The molecule has 0 fully saturated rings. The van der Waals surface area contributed by atoms with Gasteiger partial charge in [-0.2, -0.15) is 0 Å². The Kier molecular flexibility index (Phi) is 33.7. The Balaban J connectivity index is 0.000000187. The molecule has 16 aromatic carbocycles. The minimum Gasteiger partial charge on any atom is -0.397 e. The van der Waals surface area contributed by atoms with E-state index in [-0.39, 0.29) is 6.61 Å². The summed E-state index contributed by atoms with van der Waals surface area (Å²) in [5, 5.41) is 12.5. The van der Waals surface area contributed by atoms with Crippen molar-refractivity contribution in [1.29, 1.82) is 0 Å². The molecule has 0 amide bonds. The van der Waals surface area contributed by atoms with Crippen LogP contribution < -0.4 is 0 Å². The number of methoxy groups -OCH3 is 2. The number of aliphatic hydroxyl groups is 1. The summed E-state index contributed by atoms with van der Waals surface area (Å²) in [7, 11) is 6.50. The van der Waals surface area contributed by atoms with Crippen LogP contribution in [0.3, 0.4) is 0 Å². The molecule has 4 aliphatic carbocycles. The molecule has 0 heterocycles. The molecule has 3 nitrogen and oxygen atoms in total. The summed E-state index contributed by atoms with van der Waals surface area (Å²) < 4.78 is 8.50. The SMILES string of the molecule is C(#CC1(c2ccc(C3(C#Cc4ccccc4)c4ccccc4-c4cc5ccccc5cc43)cc2)c2ccccc2-c2cc3ccccc3cc21)c1ccccc1.C(#CC1(c2ccc(C3(C#Cc4ccccc4)c4ccccc4-c4ccccc43)cc2)c2ccccc2-c2ccccc21)c1ccccc1.CC#CC.CC#CC.CC#CCC.CC#CCC.CCO.COC.COC. The summed E-state index contributed by atoms with van der Waals surface area (Å²) in [4.78, 5) is 0. The molecule has 131 heavy (non-hydrogen) atoms. The Morgan fingerprint density at radius 1 is 0.214 bits per heavy atom. The van der Waals surface area contributed by atoms with E-state index in [0.717, 1.165) is 57.3 Å². The van der Waals surface area contributed by atoms with Crippen molar-refractivity contribution < 1.29 is 14.6 Å². The number of rotatable bonds is 4. The molecule has 0 radical (unpaired) electrons. The lowest BCUT2D eigenvalue weighted by atomic mass is 9.69. The average molecular weight is 1700 g/mol. The molecule has 0 bridgehead atoms. The van der Waals surface area contributed by atoms with Gasteiger partial charge in [-0.1, -0.05) is 377 Å². The number of benzene rings is 16. The van der Waals surface area contributed by atoms with E-state index in [1.54, 1.807) is 35.4 Å². The van der Waals surface area contributed by atoms with Crippen LogP contribution in [-0.2, 0) is 31.1 Å². The van der Waals surface area contributed by atoms with E-state index in [4.69, 9.17) is 5.11 Å². The van der Waals surface area contributed by atoms with Crippen LogP contribution in [0.4, 0.5) is 0 Å². The molecule has 640 valence electrons. The van der Waals surface area contributed by atoms with E-state index in [1.807, 2.05) is 79.7 Å². The van der Waals surface area contributed by atoms with Gasteiger partial charge >= 0.3 is 0 Å². The van der Waals surface area contributed by atoms with Crippen molar-refractivity contribution in [3.05, 3.63) is 477 Å². The number of hydrogen-bond acceptors (Lipinski definition) is 3. The molecule has 2 unspecified atom stereocenters. The van der Waals surface area contributed by atoms with Gasteiger partial charge in [0.05, 0.1) is 0 Å². The number of aliphatic hydroxyl groups excluding tert-OH is 1. The zero-order valence-electron chi connectivity index (χ0n) is 77.3. The van der Waals surface area contributed by atoms with Crippen LogP contribution in [0, 0.1) is 94.7 Å². The van der Waals surface area contributed by atoms with Gasteiger partial charge < -0.3 is 14.6 Å². The Bertz CT molecular complexity index is 6610. The van der Waals surface area contributed by atoms with Gasteiger partial charge in [0, 0.05) is 70.1 Å². The van der Waals surface area contributed by atoms with Crippen molar-refractivity contribution in [2.45, 2.75) is 96.8 Å². The highest BCUT2D eigenvalue weighted by Crippen LogP contribution is 2.59. The predicted molar refractivity (Wildman–Crippen MR) is 553 cm³/mol. The van der Waals surface area contributed by atoms with Crippen LogP contribution in [0.1, 0.15) is 164 Å². The second kappa shape index (κ2) is 46.7. The summed E-state index contributed by atoms with van der Waals surface area (Å²) in [6.45, 7) is 17.0. The minimum atomic E-state index is -0.700. The molecular weight excluding hydrogens is 1590 g/mol. The second-order valence-corrected chi connectivity index (χ2v) is 31.1. The third-order valence-electron chi connectivity index (χ3n) is 23.1. The van der Waals surface area contributed by atoms with Gasteiger partial charge in [-0.15, -0.1) is 47.4 Å². The number of hydrogen-bond donors (Lipinski definition) is 1. The summed E-state index contributed by atoms with van der Waals surface area (Å²) in [5.41, 5.74) is 25.6. The molecule has 2 atom stereocenters. The highest BCUT2D eigenvalue weighted by atomic mass is 16.5. The molecule has 1 N–H and O–H groups in total. The molecule has 4 aliphatic rings. The van der Waals surface area contributed by atoms with Gasteiger partial charge in [0.2, 0.25) is 0 Å². The zero-order chi connectivity index (χ0) is 92.3. The normalized spacial score (nSPS) is 13.4. The van der Waals surface area contributed by atoms with Crippen LogP contribution in [0.2, 0.25) is 0 Å². The third kappa shape index (κ3) is 20.4. The van der Waals surface area contributed by atoms with Crippen LogP contribution in [0.5, 0.6) is 0 Å². The molecule has 0 spiro atoms. The number of ether oxygens (including phenoxy) is 2. The summed E-state index contributed by atoms with van der Waals surface area (Å²) >= 11 is 0. The van der Waals surface area contributed by atoms with Crippen molar-refractivity contribution in [2.75, 3.05) is 35.0 Å². The first-order valence-corrected chi connectivity index (χ1v) is 44.5. The second-order valence-electron chi connectivity index (χ2n) is 31.1. The summed E-state index contributed by atoms with van der Waals surface area (Å²) in [5.74, 6) is 51.9. The topological polar surface area (TPSA) is 38.7 Å². The van der Waals surface area contributed by atoms with Crippen LogP contribution in [-0.4, -0.2) is 40.2 Å². The maximum atomic E-state index is 7.57. The molecule has 16 aromatic rings. The molecule has 0 aromatic heterocycles. The maximum absolute atomic E-state index is 7.57. The van der Waals surface area contributed by atoms with Gasteiger partial charge in [-0.3, -0.25) is 0 Å². The first kappa shape index (κ1) is 94.5. The van der Waals surface area contributed by atoms with Gasteiger partial charge in [0.25, 0.3) is 0 Å². The smallest absolute Gasteiger partial charge is 0.108 e. The summed E-state index contributed by atoms with van der Waals surface area (Å²) in [6.07, 6.45) is 1.97. The first-order chi connectivity index (χ1) is 64.4. The van der Waals surface area contributed by atoms with Gasteiger partial charge in [0.15, 0.2) is 0 Å². The van der Waals surface area contributed by atoms with Crippen molar-refractivity contribution in [3.63, 3.8) is 0 Å². The summed E-state index contributed by atoms with van der Waals surface area (Å²) in [6, 6.07) is 139. The van der Waals surface area contributed by atoms with Gasteiger partial charge in [0.1, 0.15) is 21.7 Å². The van der Waals surface area contributed by atoms with Crippen molar-refractivity contribution >= 4 is 21.5 Å². The minimum absolute atomic E-state index is 0.250. The molecule has 0 aliphatic heterocycles. The lowest BCUT2D eigenvalue weighted by Gasteiger charge is -2.31. The van der Waals surface area contributed by atoms with Gasteiger partial charge in [-0.25, -0.2) is 0 Å². The fraction of sp³-hybridized carbons (Fsp3) is 0.156. The van der Waals surface area contributed by atoms with E-state index < -0.39 is 21.7 Å². The third-order valence-corrected chi connectivity index (χ3v) is 23.1. The van der Waals surface area contributed by atoms with Gasteiger partial charge in [-0.05, 0) is 254 Å². The van der Waals surface area contributed by atoms with Crippen molar-refractivity contribution in [3.8, 4) is 139 Å². The lowest BCUT2D eigenvalue weighted by Crippen LogP contribution is -2.27. The standard InChI is InChI=1S/C56H34.C48H30.2C5H8.2C4H6.3C2H6O/c1-3-15-39(16-4-1)31-33-55(51-25-13-11-23-47(51)49-35-41-19-7-9-21-43(41)37-53(49)55)45-27-29-46(30-28-45)56(34-32-40-17-5-2-6-18-40)52-26-14-12-24-48(52)50-36-42-20-8-10-22-44(42)38-54(50)56;1-3-15-35(16-4-1)31-33-47(43-23-11-7-19-39(43)40-20-8-12-24-44(40)47)37-27-29-38(30-28-37)48(34-32-36-17-5-2-6-18-36)45-25-13-9-21-41(45)42-22-10-14-26-46(42)48;2*1-3-5-4-2;2*1-3-4-2;2*1-3-2;1-2-3/h1-30,35-38H;1-30H;2*3H2,1-2H3;2*1-2H3;2*1-2H3;3H,2H2,1H3. The maximum Gasteiger partial charge on any atom is 0.108 e. The van der Waals surface area contributed by atoms with E-state index in [9.17, 15) is 0 Å². The fourth-order valence-corrected chi connectivity index (χ4v) is 17.5. The molecule has 0 saturated heterocycles. The Hall–Kier alpha value is -15.6. The fourth-order valence-electron chi connectivity index (χ4n) is 17.5. The largest absolute Gasteiger partial charge is 0.397 e. The van der Waals surface area contributed by atoms with E-state index >= 15 is 0 Å². The monoisotopic (exact) mass is 1690 g/mol. The lowest BCUT2D eigenvalue weighted by molar-refractivity contribution is 0.277. The molecule has 20 rings (SSSR count). The highest BCUT2D eigenvalue weighted by molar-refractivity contribution is 5.98. The van der Waals surface area contributed by atoms with Crippen LogP contribution in [0.15, 0.2) is 388 Å². The molecule has 3 heteroatoms. The Morgan fingerprint density at radius 3 is 0.580 bits per heavy atom. The van der Waals surface area contributed by atoms with Crippen LogP contribution >= 0.6 is 0 Å². The Labute approximate surface area is 779 Å². The van der Waals surface area contributed by atoms with Crippen LogP contribution in [0.25, 0.3) is 66.1 Å². The quantitative estimate of drug-likeness (QED) is 0.179. The van der Waals surface area contributed by atoms with E-state index in [1.165, 1.54) is 111 Å². The average Bonchev–Trinajstić information content (AvgIpc) is 1.55. The zero-order valence-corrected chi connectivity index (χ0v) is 77.3. The molecule has 0 saturated carbocycles. The Morgan fingerprint density at radius 2 is 0.389 bits per heavy atom. The van der Waals surface area contributed by atoms with E-state index in [2.05, 4.69) is 468 Å². The van der Waals surface area contributed by atoms with Crippen molar-refractivity contribution in [1.82, 2.24) is 0 Å². The first-order valence-electron chi connectivity index (χ1n) is 44.5. The highest BCUT2D eigenvalue weighted by Gasteiger charge is 2.49.